The number of nitrogens with zero attached hydrogens (tertiary/aromatic N) is 1. The second-order valence-corrected chi connectivity index (χ2v) is 4.20. The second kappa shape index (κ2) is 4.44. The van der Waals surface area contributed by atoms with Gasteiger partial charge in [0.05, 0.1) is 6.10 Å². The van der Waals surface area contributed by atoms with Gasteiger partial charge in [0.25, 0.3) is 5.56 Å². The maximum Gasteiger partial charge on any atom is 0.330 e. The fraction of sp³-hybridized carbons (Fsp3) is 0.600. The van der Waals surface area contributed by atoms with Gasteiger partial charge in [0.1, 0.15) is 18.9 Å². The highest BCUT2D eigenvalue weighted by atomic mass is 16.5. The summed E-state index contributed by atoms with van der Waals surface area (Å²) in [5.41, 5.74) is 3.17. The van der Waals surface area contributed by atoms with E-state index in [4.69, 9.17) is 4.74 Å². The van der Waals surface area contributed by atoms with Gasteiger partial charge in [-0.15, -0.1) is 0 Å². The SMILES string of the molecule is Cc1cn([C@@H]2C[C@H](O)[C@H](C[NH3+])O2)c(=O)[nH]c1=O. The maximum atomic E-state index is 11.6. The zero-order chi connectivity index (χ0) is 12.6. The first-order valence-electron chi connectivity index (χ1n) is 5.47. The maximum absolute atomic E-state index is 11.6. The molecule has 0 amide bonds. The van der Waals surface area contributed by atoms with Gasteiger partial charge in [0, 0.05) is 18.2 Å². The van der Waals surface area contributed by atoms with Gasteiger partial charge in [-0.1, -0.05) is 0 Å². The molecule has 0 aromatic carbocycles. The topological polar surface area (TPSA) is 112 Å². The zero-order valence-electron chi connectivity index (χ0n) is 9.55. The molecule has 0 unspecified atom stereocenters. The molecule has 17 heavy (non-hydrogen) atoms. The summed E-state index contributed by atoms with van der Waals surface area (Å²) < 4.78 is 6.81. The minimum absolute atomic E-state index is 0.325. The Morgan fingerprint density at radius 2 is 2.35 bits per heavy atom. The van der Waals surface area contributed by atoms with Crippen LogP contribution < -0.4 is 17.0 Å². The van der Waals surface area contributed by atoms with E-state index in [1.165, 1.54) is 10.8 Å². The average molecular weight is 242 g/mol. The van der Waals surface area contributed by atoms with Crippen molar-refractivity contribution in [2.24, 2.45) is 0 Å². The molecule has 2 rings (SSSR count). The van der Waals surface area contributed by atoms with Crippen molar-refractivity contribution >= 4 is 0 Å². The van der Waals surface area contributed by atoms with Crippen LogP contribution in [0.2, 0.25) is 0 Å². The van der Waals surface area contributed by atoms with E-state index in [2.05, 4.69) is 10.7 Å². The molecule has 0 radical (unpaired) electrons. The molecule has 1 aromatic rings. The average Bonchev–Trinajstić information content (AvgIpc) is 2.65. The van der Waals surface area contributed by atoms with Crippen molar-refractivity contribution in [1.82, 2.24) is 9.55 Å². The van der Waals surface area contributed by atoms with Crippen LogP contribution in [0.3, 0.4) is 0 Å². The molecule has 1 aromatic heterocycles. The number of nitrogens with one attached hydrogen (secondary N) is 1. The van der Waals surface area contributed by atoms with Gasteiger partial charge >= 0.3 is 5.69 Å². The second-order valence-electron chi connectivity index (χ2n) is 4.20. The highest BCUT2D eigenvalue weighted by molar-refractivity contribution is 5.01. The van der Waals surface area contributed by atoms with Gasteiger partial charge in [0.15, 0.2) is 0 Å². The van der Waals surface area contributed by atoms with Crippen LogP contribution in [-0.4, -0.2) is 33.4 Å². The van der Waals surface area contributed by atoms with E-state index < -0.39 is 23.6 Å². The highest BCUT2D eigenvalue weighted by Crippen LogP contribution is 2.26. The number of rotatable bonds is 2. The number of ether oxygens (including phenoxy) is 1. The number of aromatic nitrogens is 2. The van der Waals surface area contributed by atoms with Crippen LogP contribution in [0.15, 0.2) is 15.8 Å². The van der Waals surface area contributed by atoms with E-state index in [0.717, 1.165) is 0 Å². The van der Waals surface area contributed by atoms with Gasteiger partial charge < -0.3 is 15.6 Å². The third kappa shape index (κ3) is 2.17. The van der Waals surface area contributed by atoms with Crippen molar-refractivity contribution in [2.75, 3.05) is 6.54 Å². The molecular formula is C10H16N3O4+. The number of quaternary nitrogens is 1. The van der Waals surface area contributed by atoms with Crippen LogP contribution in [-0.2, 0) is 4.74 Å². The lowest BCUT2D eigenvalue weighted by atomic mass is 10.2. The molecule has 7 heteroatoms. The molecule has 0 saturated carbocycles. The lowest BCUT2D eigenvalue weighted by molar-refractivity contribution is -0.389. The standard InChI is InChI=1S/C10H15N3O4/c1-5-4-13(10(16)12-9(5)15)8-2-6(14)7(3-11)17-8/h4,6-8,14H,2-3,11H2,1H3,(H,12,15,16)/p+1/t6-,7-,8-/m0/s1. The fourth-order valence-electron chi connectivity index (χ4n) is 1.95. The Labute approximate surface area is 96.8 Å². The van der Waals surface area contributed by atoms with Gasteiger partial charge in [-0.3, -0.25) is 14.3 Å². The number of aryl methyl sites for hydroxylation is 1. The Hall–Kier alpha value is -1.44. The lowest BCUT2D eigenvalue weighted by Crippen LogP contribution is -2.57. The normalized spacial score (nSPS) is 28.5. The molecular weight excluding hydrogens is 226 g/mol. The van der Waals surface area contributed by atoms with Crippen LogP contribution in [0.25, 0.3) is 0 Å². The lowest BCUT2D eigenvalue weighted by Gasteiger charge is -2.14. The summed E-state index contributed by atoms with van der Waals surface area (Å²) in [4.78, 5) is 25.0. The summed E-state index contributed by atoms with van der Waals surface area (Å²) in [6.45, 7) is 2.05. The summed E-state index contributed by atoms with van der Waals surface area (Å²) >= 11 is 0. The van der Waals surface area contributed by atoms with Crippen molar-refractivity contribution in [2.45, 2.75) is 31.8 Å². The quantitative estimate of drug-likeness (QED) is 0.543. The smallest absolute Gasteiger partial charge is 0.330 e. The third-order valence-corrected chi connectivity index (χ3v) is 2.94. The molecule has 0 spiro atoms. The van der Waals surface area contributed by atoms with Crippen molar-refractivity contribution in [1.29, 1.82) is 0 Å². The number of aromatic amines is 1. The van der Waals surface area contributed by atoms with E-state index in [-0.39, 0.29) is 6.10 Å². The minimum Gasteiger partial charge on any atom is -0.390 e. The molecule has 1 aliphatic heterocycles. The summed E-state index contributed by atoms with van der Waals surface area (Å²) in [5, 5.41) is 9.68. The summed E-state index contributed by atoms with van der Waals surface area (Å²) in [7, 11) is 0. The zero-order valence-corrected chi connectivity index (χ0v) is 9.55. The van der Waals surface area contributed by atoms with E-state index in [0.29, 0.717) is 18.5 Å². The van der Waals surface area contributed by atoms with Crippen molar-refractivity contribution in [3.63, 3.8) is 0 Å². The van der Waals surface area contributed by atoms with Crippen LogP contribution in [0.5, 0.6) is 0 Å². The molecule has 7 nitrogen and oxygen atoms in total. The molecule has 94 valence electrons. The van der Waals surface area contributed by atoms with Crippen molar-refractivity contribution in [3.8, 4) is 0 Å². The van der Waals surface area contributed by atoms with E-state index in [1.54, 1.807) is 6.92 Å². The Bertz CT molecular complexity index is 521. The largest absolute Gasteiger partial charge is 0.390 e. The molecule has 1 fully saturated rings. The molecule has 1 aliphatic rings. The first kappa shape index (κ1) is 12.0. The fourth-order valence-corrected chi connectivity index (χ4v) is 1.95. The minimum atomic E-state index is -0.628. The van der Waals surface area contributed by atoms with Gasteiger partial charge in [-0.25, -0.2) is 4.79 Å². The Morgan fingerprint density at radius 3 is 2.94 bits per heavy atom. The number of hydrogen-bond acceptors (Lipinski definition) is 4. The van der Waals surface area contributed by atoms with Crippen LogP contribution in [0.1, 0.15) is 18.2 Å². The molecule has 2 heterocycles. The first-order chi connectivity index (χ1) is 8.02. The van der Waals surface area contributed by atoms with Crippen LogP contribution in [0, 0.1) is 6.92 Å². The molecule has 3 atom stereocenters. The predicted molar refractivity (Wildman–Crippen MR) is 58.3 cm³/mol. The molecule has 0 aliphatic carbocycles. The first-order valence-corrected chi connectivity index (χ1v) is 5.47. The summed E-state index contributed by atoms with van der Waals surface area (Å²) in [6.07, 6.45) is 0.242. The van der Waals surface area contributed by atoms with E-state index >= 15 is 0 Å². The van der Waals surface area contributed by atoms with Crippen molar-refractivity contribution < 1.29 is 15.6 Å². The number of aliphatic hydroxyl groups excluding tert-OH is 1. The summed E-state index contributed by atoms with van der Waals surface area (Å²) in [6, 6.07) is 0. The van der Waals surface area contributed by atoms with Crippen molar-refractivity contribution in [3.05, 3.63) is 32.6 Å². The third-order valence-electron chi connectivity index (χ3n) is 2.94. The Morgan fingerprint density at radius 1 is 1.65 bits per heavy atom. The molecule has 5 N–H and O–H groups in total. The number of hydrogen-bond donors (Lipinski definition) is 3. The van der Waals surface area contributed by atoms with E-state index in [1.807, 2.05) is 0 Å². The highest BCUT2D eigenvalue weighted by Gasteiger charge is 2.35. The predicted octanol–water partition coefficient (Wildman–Crippen LogP) is -2.26. The Balaban J connectivity index is 2.34. The number of aliphatic hydroxyl groups is 1. The molecule has 0 bridgehead atoms. The van der Waals surface area contributed by atoms with Crippen LogP contribution >= 0.6 is 0 Å². The van der Waals surface area contributed by atoms with Gasteiger partial charge in [0.2, 0.25) is 0 Å². The monoisotopic (exact) mass is 242 g/mol. The molecule has 1 saturated heterocycles. The van der Waals surface area contributed by atoms with Crippen LogP contribution in [0.4, 0.5) is 0 Å². The van der Waals surface area contributed by atoms with E-state index in [9.17, 15) is 14.7 Å². The van der Waals surface area contributed by atoms with Gasteiger partial charge in [-0.05, 0) is 6.92 Å². The Kier molecular flexibility index (Phi) is 3.14. The number of H-pyrrole nitrogens is 1. The van der Waals surface area contributed by atoms with Gasteiger partial charge in [-0.2, -0.15) is 0 Å². The summed E-state index contributed by atoms with van der Waals surface area (Å²) in [5.74, 6) is 0.